The summed E-state index contributed by atoms with van der Waals surface area (Å²) in [7, 11) is 9.18. The molecule has 0 heterocycles. The second-order valence-electron chi connectivity index (χ2n) is 13.2. The molecule has 0 unspecified atom stereocenters. The van der Waals surface area contributed by atoms with Crippen molar-refractivity contribution in [3.05, 3.63) is 0 Å². The molecule has 0 atom stereocenters. The number of nitrogens with one attached hydrogen (secondary N) is 2. The van der Waals surface area contributed by atoms with Crippen LogP contribution in [0.5, 0.6) is 0 Å². The first-order valence-electron chi connectivity index (χ1n) is 17.6. The summed E-state index contributed by atoms with van der Waals surface area (Å²) in [5, 5.41) is 5.90. The lowest BCUT2D eigenvalue weighted by Gasteiger charge is -2.30. The van der Waals surface area contributed by atoms with Crippen LogP contribution in [-0.2, 0) is 28.5 Å². The van der Waals surface area contributed by atoms with Gasteiger partial charge in [0.1, 0.15) is 13.2 Å². The van der Waals surface area contributed by atoms with Crippen molar-refractivity contribution >= 4 is 11.8 Å². The van der Waals surface area contributed by atoms with E-state index in [2.05, 4.69) is 38.8 Å². The maximum atomic E-state index is 11.8. The molecular formula is C34H72N4O6+2. The Hall–Kier alpha value is -1.30. The fourth-order valence-corrected chi connectivity index (χ4v) is 5.14. The van der Waals surface area contributed by atoms with Gasteiger partial charge in [-0.25, -0.2) is 0 Å². The number of carbonyl (C=O) groups is 2. The fraction of sp³-hybridized carbons (Fsp3) is 0.941. The van der Waals surface area contributed by atoms with Gasteiger partial charge >= 0.3 is 0 Å². The Labute approximate surface area is 271 Å². The number of amides is 2. The third kappa shape index (κ3) is 30.7. The zero-order valence-corrected chi connectivity index (χ0v) is 29.7. The van der Waals surface area contributed by atoms with Crippen molar-refractivity contribution in [2.45, 2.75) is 90.9 Å². The fourth-order valence-electron chi connectivity index (χ4n) is 5.14. The molecule has 0 aromatic carbocycles. The van der Waals surface area contributed by atoms with Crippen molar-refractivity contribution in [1.82, 2.24) is 10.6 Å². The number of ether oxygens (including phenoxy) is 4. The van der Waals surface area contributed by atoms with Crippen molar-refractivity contribution < 1.29 is 37.5 Å². The molecule has 262 valence electrons. The number of hydrogen-bond acceptors (Lipinski definition) is 6. The van der Waals surface area contributed by atoms with Crippen molar-refractivity contribution in [1.29, 1.82) is 0 Å². The number of carbonyl (C=O) groups excluding carboxylic acids is 2. The number of nitrogens with zero attached hydrogens (tertiary/aromatic N) is 2. The molecule has 0 saturated heterocycles. The van der Waals surface area contributed by atoms with Gasteiger partial charge < -0.3 is 38.5 Å². The topological polar surface area (TPSA) is 95.1 Å². The van der Waals surface area contributed by atoms with Crippen LogP contribution in [0.25, 0.3) is 0 Å². The average Bonchev–Trinajstić information content (AvgIpc) is 2.98. The molecule has 0 fully saturated rings. The van der Waals surface area contributed by atoms with Gasteiger partial charge in [0.2, 0.25) is 11.8 Å². The highest BCUT2D eigenvalue weighted by Gasteiger charge is 2.15. The van der Waals surface area contributed by atoms with E-state index in [0.29, 0.717) is 52.7 Å². The van der Waals surface area contributed by atoms with E-state index in [4.69, 9.17) is 18.9 Å². The van der Waals surface area contributed by atoms with Gasteiger partial charge in [0.05, 0.1) is 80.8 Å². The highest BCUT2D eigenvalue weighted by molar-refractivity contribution is 5.77. The van der Waals surface area contributed by atoms with E-state index in [0.717, 1.165) is 34.9 Å². The molecule has 44 heavy (non-hydrogen) atoms. The Bertz CT molecular complexity index is 622. The Balaban J connectivity index is 3.55. The summed E-state index contributed by atoms with van der Waals surface area (Å²) < 4.78 is 23.0. The molecule has 0 radical (unpaired) electrons. The molecule has 0 aromatic heterocycles. The van der Waals surface area contributed by atoms with Crippen molar-refractivity contribution in [3.63, 3.8) is 0 Å². The first-order valence-corrected chi connectivity index (χ1v) is 17.6. The third-order valence-corrected chi connectivity index (χ3v) is 7.92. The zero-order chi connectivity index (χ0) is 32.8. The Kier molecular flexibility index (Phi) is 28.3. The van der Waals surface area contributed by atoms with Crippen LogP contribution in [-0.4, -0.2) is 141 Å². The number of unbranched alkanes of at least 4 members (excludes halogenated alkanes) is 9. The second kappa shape index (κ2) is 29.1. The summed E-state index contributed by atoms with van der Waals surface area (Å²) in [5.41, 5.74) is 0. The molecule has 0 bridgehead atoms. The van der Waals surface area contributed by atoms with Crippen molar-refractivity contribution in [3.8, 4) is 0 Å². The van der Waals surface area contributed by atoms with Crippen LogP contribution in [0, 0.1) is 0 Å². The summed E-state index contributed by atoms with van der Waals surface area (Å²) in [6.45, 7) is 13.4. The predicted octanol–water partition coefficient (Wildman–Crippen LogP) is 4.16. The van der Waals surface area contributed by atoms with Crippen LogP contribution in [0.4, 0.5) is 0 Å². The van der Waals surface area contributed by atoms with Crippen LogP contribution in [0.15, 0.2) is 0 Å². The Morgan fingerprint density at radius 3 is 1.09 bits per heavy atom. The minimum absolute atomic E-state index is 0.0440. The highest BCUT2D eigenvalue weighted by Crippen LogP contribution is 2.13. The lowest BCUT2D eigenvalue weighted by molar-refractivity contribution is -0.890. The first-order chi connectivity index (χ1) is 21.1. The number of hydrogen-bond donors (Lipinski definition) is 2. The monoisotopic (exact) mass is 633 g/mol. The average molecular weight is 633 g/mol. The van der Waals surface area contributed by atoms with E-state index in [-0.39, 0.29) is 25.0 Å². The van der Waals surface area contributed by atoms with Gasteiger partial charge in [-0.05, 0) is 39.5 Å². The minimum atomic E-state index is -0.0440. The van der Waals surface area contributed by atoms with Gasteiger partial charge in [-0.15, -0.1) is 0 Å². The molecule has 0 aliphatic rings. The Morgan fingerprint density at radius 1 is 0.455 bits per heavy atom. The summed E-state index contributed by atoms with van der Waals surface area (Å²) in [5.74, 6) is -0.0880. The van der Waals surface area contributed by atoms with Gasteiger partial charge in [0.25, 0.3) is 0 Å². The van der Waals surface area contributed by atoms with Crippen LogP contribution in [0.2, 0.25) is 0 Å². The molecule has 10 heteroatoms. The maximum absolute atomic E-state index is 11.8. The SMILES string of the molecule is CCOCCOCC(=O)NCCC[N+](C)(C)CCCCCCCCCCCC[N+](C)(C)CCCNC(=O)COCCOCC. The minimum Gasteiger partial charge on any atom is -0.379 e. The largest absolute Gasteiger partial charge is 0.379 e. The van der Waals surface area contributed by atoms with Crippen LogP contribution in [0.1, 0.15) is 90.9 Å². The number of rotatable bonds is 33. The third-order valence-electron chi connectivity index (χ3n) is 7.92. The molecule has 0 aliphatic heterocycles. The summed E-state index contributed by atoms with van der Waals surface area (Å²) in [6, 6.07) is 0. The molecule has 0 aromatic rings. The second-order valence-corrected chi connectivity index (χ2v) is 13.2. The van der Waals surface area contributed by atoms with E-state index >= 15 is 0 Å². The van der Waals surface area contributed by atoms with E-state index in [1.807, 2.05) is 13.8 Å². The molecule has 0 saturated carbocycles. The smallest absolute Gasteiger partial charge is 0.246 e. The van der Waals surface area contributed by atoms with E-state index in [1.165, 1.54) is 77.3 Å². The number of quaternary nitrogens is 2. The molecule has 0 spiro atoms. The highest BCUT2D eigenvalue weighted by atomic mass is 16.5. The van der Waals surface area contributed by atoms with Crippen LogP contribution in [0.3, 0.4) is 0 Å². The molecular weight excluding hydrogens is 560 g/mol. The maximum Gasteiger partial charge on any atom is 0.246 e. The predicted molar refractivity (Wildman–Crippen MR) is 180 cm³/mol. The van der Waals surface area contributed by atoms with Gasteiger partial charge in [-0.2, -0.15) is 0 Å². The van der Waals surface area contributed by atoms with Crippen LogP contribution >= 0.6 is 0 Å². The summed E-state index contributed by atoms with van der Waals surface area (Å²) in [6.07, 6.45) is 15.3. The molecule has 2 amide bonds. The standard InChI is InChI=1S/C34H70N4O6/c1-7-41-27-29-43-31-33(39)35-21-19-25-37(3,4)23-17-15-13-11-9-10-12-14-16-18-24-38(5,6)26-20-22-36-34(40)32-44-30-28-42-8-2/h7-32H2,1-6H3/p+2. The molecule has 0 rings (SSSR count). The van der Waals surface area contributed by atoms with Gasteiger partial charge in [-0.1, -0.05) is 38.5 Å². The normalized spacial score (nSPS) is 12.0. The Morgan fingerprint density at radius 2 is 0.750 bits per heavy atom. The zero-order valence-electron chi connectivity index (χ0n) is 29.7. The molecule has 2 N–H and O–H groups in total. The van der Waals surface area contributed by atoms with Crippen molar-refractivity contribution in [2.75, 3.05) is 120 Å². The van der Waals surface area contributed by atoms with E-state index < -0.39 is 0 Å². The van der Waals surface area contributed by atoms with E-state index in [9.17, 15) is 9.59 Å². The van der Waals surface area contributed by atoms with Gasteiger partial charge in [0.15, 0.2) is 0 Å². The summed E-state index contributed by atoms with van der Waals surface area (Å²) >= 11 is 0. The summed E-state index contributed by atoms with van der Waals surface area (Å²) in [4.78, 5) is 23.6. The molecule has 10 nitrogen and oxygen atoms in total. The van der Waals surface area contributed by atoms with Gasteiger partial charge in [-0.3, -0.25) is 9.59 Å². The van der Waals surface area contributed by atoms with Gasteiger partial charge in [0, 0.05) is 39.1 Å². The lowest BCUT2D eigenvalue weighted by Crippen LogP contribution is -2.42. The lowest BCUT2D eigenvalue weighted by atomic mass is 10.1. The van der Waals surface area contributed by atoms with Crippen molar-refractivity contribution in [2.24, 2.45) is 0 Å². The van der Waals surface area contributed by atoms with E-state index in [1.54, 1.807) is 0 Å². The quantitative estimate of drug-likeness (QED) is 0.0834. The van der Waals surface area contributed by atoms with Crippen LogP contribution < -0.4 is 10.6 Å². The molecule has 0 aliphatic carbocycles. The first kappa shape index (κ1) is 42.7.